The second-order valence-corrected chi connectivity index (χ2v) is 6.81. The Morgan fingerprint density at radius 2 is 2.33 bits per heavy atom. The van der Waals surface area contributed by atoms with Gasteiger partial charge in [-0.2, -0.15) is 5.26 Å². The van der Waals surface area contributed by atoms with Crippen LogP contribution in [0, 0.1) is 16.7 Å². The van der Waals surface area contributed by atoms with E-state index < -0.39 is 0 Å². The van der Waals surface area contributed by atoms with E-state index in [9.17, 15) is 10.1 Å². The van der Waals surface area contributed by atoms with E-state index >= 15 is 0 Å². The fourth-order valence-electron chi connectivity index (χ4n) is 2.83. The number of benzene rings is 1. The van der Waals surface area contributed by atoms with Gasteiger partial charge in [0.05, 0.1) is 16.7 Å². The first-order valence-electron chi connectivity index (χ1n) is 7.18. The summed E-state index contributed by atoms with van der Waals surface area (Å²) >= 11 is 1.68. The molecule has 5 heteroatoms. The molecule has 4 nitrogen and oxygen atoms in total. The lowest BCUT2D eigenvalue weighted by atomic mass is 9.89. The second kappa shape index (κ2) is 6.40. The van der Waals surface area contributed by atoms with Crippen molar-refractivity contribution < 1.29 is 4.79 Å². The molecule has 1 amide bonds. The van der Waals surface area contributed by atoms with E-state index in [1.165, 1.54) is 0 Å². The second-order valence-electron chi connectivity index (χ2n) is 5.51. The van der Waals surface area contributed by atoms with Crippen LogP contribution in [0.5, 0.6) is 0 Å². The molecule has 0 bridgehead atoms. The first-order chi connectivity index (χ1) is 10.1. The Kier molecular flexibility index (Phi) is 4.79. The molecule has 0 aromatic heterocycles. The predicted molar refractivity (Wildman–Crippen MR) is 86.6 cm³/mol. The van der Waals surface area contributed by atoms with Gasteiger partial charge in [0.15, 0.2) is 0 Å². The summed E-state index contributed by atoms with van der Waals surface area (Å²) in [6.45, 7) is 5.53. The molecule has 1 N–H and O–H groups in total. The van der Waals surface area contributed by atoms with Crippen LogP contribution >= 0.6 is 11.8 Å². The van der Waals surface area contributed by atoms with Crippen molar-refractivity contribution in [3.63, 3.8) is 0 Å². The van der Waals surface area contributed by atoms with Crippen LogP contribution < -0.4 is 10.2 Å². The van der Waals surface area contributed by atoms with Gasteiger partial charge >= 0.3 is 0 Å². The minimum Gasteiger partial charge on any atom is -0.369 e. The number of hydrogen-bond acceptors (Lipinski definition) is 4. The lowest BCUT2D eigenvalue weighted by Gasteiger charge is -2.25. The van der Waals surface area contributed by atoms with Gasteiger partial charge in [0, 0.05) is 25.0 Å². The molecule has 112 valence electrons. The van der Waals surface area contributed by atoms with E-state index in [1.54, 1.807) is 18.8 Å². The van der Waals surface area contributed by atoms with Gasteiger partial charge in [0.1, 0.15) is 6.07 Å². The smallest absolute Gasteiger partial charge is 0.227 e. The largest absolute Gasteiger partial charge is 0.369 e. The Balaban J connectivity index is 2.30. The zero-order valence-corrected chi connectivity index (χ0v) is 13.6. The average Bonchev–Trinajstić information content (AvgIpc) is 2.90. The molecule has 1 heterocycles. The number of nitrogens with zero attached hydrogens (tertiary/aromatic N) is 2. The summed E-state index contributed by atoms with van der Waals surface area (Å²) in [6, 6.07) is 8.29. The molecular formula is C16H21N3OS. The van der Waals surface area contributed by atoms with Crippen molar-refractivity contribution in [2.24, 2.45) is 5.41 Å². The molecule has 0 radical (unpaired) electrons. The van der Waals surface area contributed by atoms with Gasteiger partial charge in [-0.1, -0.05) is 13.0 Å². The molecule has 1 aliphatic rings. The quantitative estimate of drug-likeness (QED) is 0.869. The van der Waals surface area contributed by atoms with E-state index in [-0.39, 0.29) is 11.3 Å². The molecule has 1 fully saturated rings. The Hall–Kier alpha value is -1.67. The van der Waals surface area contributed by atoms with Crippen LogP contribution in [0.2, 0.25) is 0 Å². The van der Waals surface area contributed by atoms with Crippen molar-refractivity contribution in [1.29, 1.82) is 5.26 Å². The number of anilines is 1. The molecule has 0 aliphatic carbocycles. The molecule has 2 rings (SSSR count). The lowest BCUT2D eigenvalue weighted by molar-refractivity contribution is -0.128. The van der Waals surface area contributed by atoms with Gasteiger partial charge in [-0.15, -0.1) is 11.8 Å². The molecule has 1 aliphatic heterocycles. The highest BCUT2D eigenvalue weighted by Gasteiger charge is 2.40. The third kappa shape index (κ3) is 3.01. The number of carbonyl (C=O) groups is 1. The van der Waals surface area contributed by atoms with Crippen LogP contribution in [0.15, 0.2) is 23.1 Å². The van der Waals surface area contributed by atoms with Crippen molar-refractivity contribution in [2.45, 2.75) is 25.2 Å². The van der Waals surface area contributed by atoms with Crippen molar-refractivity contribution in [2.75, 3.05) is 30.8 Å². The maximum absolute atomic E-state index is 12.0. The van der Waals surface area contributed by atoms with Gasteiger partial charge in [-0.25, -0.2) is 0 Å². The Labute approximate surface area is 130 Å². The van der Waals surface area contributed by atoms with Crippen molar-refractivity contribution in [1.82, 2.24) is 5.32 Å². The SMILES string of the molecule is CCSc1cccc(N2CCC(C)(C(=O)NC)C2)c1C#N. The lowest BCUT2D eigenvalue weighted by Crippen LogP contribution is -2.39. The highest BCUT2D eigenvalue weighted by molar-refractivity contribution is 7.99. The Bertz CT molecular complexity index is 581. The number of amides is 1. The minimum absolute atomic E-state index is 0.0718. The summed E-state index contributed by atoms with van der Waals surface area (Å²) in [4.78, 5) is 15.2. The molecule has 1 unspecified atom stereocenters. The third-order valence-corrected chi connectivity index (χ3v) is 4.95. The summed E-state index contributed by atoms with van der Waals surface area (Å²) < 4.78 is 0. The topological polar surface area (TPSA) is 56.1 Å². The fourth-order valence-corrected chi connectivity index (χ4v) is 3.61. The number of nitriles is 1. The summed E-state index contributed by atoms with van der Waals surface area (Å²) in [5.74, 6) is 1.01. The monoisotopic (exact) mass is 303 g/mol. The molecule has 21 heavy (non-hydrogen) atoms. The number of thioether (sulfide) groups is 1. The van der Waals surface area contributed by atoms with Crippen LogP contribution in [-0.2, 0) is 4.79 Å². The minimum atomic E-state index is -0.380. The number of carbonyl (C=O) groups excluding carboxylic acids is 1. The van der Waals surface area contributed by atoms with Gasteiger partial charge in [-0.05, 0) is 31.2 Å². The van der Waals surface area contributed by atoms with E-state index in [1.807, 2.05) is 25.1 Å². The summed E-state index contributed by atoms with van der Waals surface area (Å²) in [5.41, 5.74) is 1.30. The van der Waals surface area contributed by atoms with E-state index in [4.69, 9.17) is 0 Å². The highest BCUT2D eigenvalue weighted by atomic mass is 32.2. The summed E-state index contributed by atoms with van der Waals surface area (Å²) in [6.07, 6.45) is 0.808. The first-order valence-corrected chi connectivity index (χ1v) is 8.17. The first kappa shape index (κ1) is 15.7. The van der Waals surface area contributed by atoms with Crippen LogP contribution in [-0.4, -0.2) is 31.8 Å². The van der Waals surface area contributed by atoms with Crippen molar-refractivity contribution in [3.05, 3.63) is 23.8 Å². The normalized spacial score (nSPS) is 21.1. The van der Waals surface area contributed by atoms with Crippen LogP contribution in [0.4, 0.5) is 5.69 Å². The predicted octanol–water partition coefficient (Wildman–Crippen LogP) is 2.63. The zero-order valence-electron chi connectivity index (χ0n) is 12.8. The fraction of sp³-hybridized carbons (Fsp3) is 0.500. The zero-order chi connectivity index (χ0) is 15.5. The molecule has 1 aromatic rings. The number of hydrogen-bond donors (Lipinski definition) is 1. The molecule has 1 saturated heterocycles. The van der Waals surface area contributed by atoms with Gasteiger partial charge in [0.25, 0.3) is 0 Å². The van der Waals surface area contributed by atoms with E-state index in [0.717, 1.165) is 34.9 Å². The molecule has 1 atom stereocenters. The van der Waals surface area contributed by atoms with Crippen molar-refractivity contribution in [3.8, 4) is 6.07 Å². The van der Waals surface area contributed by atoms with E-state index in [2.05, 4.69) is 23.2 Å². The van der Waals surface area contributed by atoms with Gasteiger partial charge in [0.2, 0.25) is 5.91 Å². The molecule has 1 aromatic carbocycles. The maximum Gasteiger partial charge on any atom is 0.227 e. The van der Waals surface area contributed by atoms with Gasteiger partial charge in [-0.3, -0.25) is 4.79 Å². The molecular weight excluding hydrogens is 282 g/mol. The van der Waals surface area contributed by atoms with Crippen LogP contribution in [0.25, 0.3) is 0 Å². The van der Waals surface area contributed by atoms with Crippen LogP contribution in [0.3, 0.4) is 0 Å². The highest BCUT2D eigenvalue weighted by Crippen LogP contribution is 2.37. The molecule has 0 spiro atoms. The van der Waals surface area contributed by atoms with Crippen LogP contribution in [0.1, 0.15) is 25.8 Å². The van der Waals surface area contributed by atoms with Crippen molar-refractivity contribution >= 4 is 23.4 Å². The Morgan fingerprint density at radius 3 is 2.95 bits per heavy atom. The summed E-state index contributed by atoms with van der Waals surface area (Å²) in [7, 11) is 1.68. The van der Waals surface area contributed by atoms with Gasteiger partial charge < -0.3 is 10.2 Å². The number of rotatable bonds is 4. The average molecular weight is 303 g/mol. The Morgan fingerprint density at radius 1 is 1.57 bits per heavy atom. The van der Waals surface area contributed by atoms with E-state index in [0.29, 0.717) is 6.54 Å². The maximum atomic E-state index is 12.0. The summed E-state index contributed by atoms with van der Waals surface area (Å²) in [5, 5.41) is 12.2. The standard InChI is InChI=1S/C16H21N3OS/c1-4-21-14-7-5-6-13(12(14)10-17)19-9-8-16(2,11-19)15(20)18-3/h5-7H,4,8-9,11H2,1-3H3,(H,18,20). The third-order valence-electron chi connectivity index (χ3n) is 4.01. The molecule has 0 saturated carbocycles. The number of nitrogens with one attached hydrogen (secondary N) is 1.